The number of ether oxygens (including phenoxy) is 1. The molecular weight excluding hydrogens is 537 g/mol. The molecule has 1 unspecified atom stereocenters. The minimum absolute atomic E-state index is 0.0479. The molecule has 1 atom stereocenters. The Morgan fingerprint density at radius 2 is 1.85 bits per heavy atom. The molecule has 1 N–H and O–H groups in total. The highest BCUT2D eigenvalue weighted by Crippen LogP contribution is 2.44. The molecule has 7 nitrogen and oxygen atoms in total. The molecule has 0 radical (unpaired) electrons. The zero-order valence-corrected chi connectivity index (χ0v) is 22.8. The number of aromatic nitrogens is 2. The van der Waals surface area contributed by atoms with Crippen LogP contribution in [0.15, 0.2) is 82.7 Å². The molecule has 3 aromatic carbocycles. The van der Waals surface area contributed by atoms with Crippen LogP contribution in [0.4, 0.5) is 9.52 Å². The number of carbonyl (C=O) groups excluding carboxylic acids is 2. The van der Waals surface area contributed by atoms with E-state index in [4.69, 9.17) is 4.74 Å². The molecule has 5 rings (SSSR count). The molecule has 10 heteroatoms. The van der Waals surface area contributed by atoms with E-state index >= 15 is 0 Å². The molecule has 0 aliphatic carbocycles. The van der Waals surface area contributed by atoms with Crippen LogP contribution in [0.2, 0.25) is 0 Å². The molecule has 1 aliphatic rings. The smallest absolute Gasteiger partial charge is 0.301 e. The van der Waals surface area contributed by atoms with Gasteiger partial charge in [-0.05, 0) is 43.2 Å². The van der Waals surface area contributed by atoms with Crippen molar-refractivity contribution in [2.24, 2.45) is 0 Å². The molecule has 1 aromatic heterocycles. The number of anilines is 1. The summed E-state index contributed by atoms with van der Waals surface area (Å²) < 4.78 is 20.2. The van der Waals surface area contributed by atoms with E-state index in [1.165, 1.54) is 22.7 Å². The quantitative estimate of drug-likeness (QED) is 0.0887. The van der Waals surface area contributed by atoms with Crippen LogP contribution in [0.25, 0.3) is 5.76 Å². The maximum Gasteiger partial charge on any atom is 0.301 e. The van der Waals surface area contributed by atoms with Gasteiger partial charge in [0.15, 0.2) is 4.34 Å². The van der Waals surface area contributed by atoms with Gasteiger partial charge in [-0.2, -0.15) is 0 Å². The van der Waals surface area contributed by atoms with Crippen molar-refractivity contribution in [2.75, 3.05) is 11.5 Å². The first kappa shape index (κ1) is 26.6. The Hall–Kier alpha value is -4.02. The Kier molecular flexibility index (Phi) is 7.76. The van der Waals surface area contributed by atoms with Crippen molar-refractivity contribution in [1.82, 2.24) is 10.2 Å². The monoisotopic (exact) mass is 561 g/mol. The van der Waals surface area contributed by atoms with Gasteiger partial charge in [-0.3, -0.25) is 14.5 Å². The molecule has 0 spiro atoms. The third-order valence-electron chi connectivity index (χ3n) is 6.17. The predicted octanol–water partition coefficient (Wildman–Crippen LogP) is 6.30. The van der Waals surface area contributed by atoms with Gasteiger partial charge in [-0.1, -0.05) is 83.3 Å². The first-order valence-corrected chi connectivity index (χ1v) is 14.0. The van der Waals surface area contributed by atoms with Gasteiger partial charge in [0.05, 0.1) is 18.2 Å². The standard InChI is InChI=1S/C29H24FN3O4S2/c1-3-37-21-9-6-8-19(15-21)24-23(25(34)18-13-11-17(2)12-14-18)26(35)27(36)33(24)28-31-32-29(39-28)38-16-20-7-4-5-10-22(20)30/h4-15,24,34H,3,16H2,1-2H3. The summed E-state index contributed by atoms with van der Waals surface area (Å²) in [6.07, 6.45) is 0. The van der Waals surface area contributed by atoms with Crippen LogP contribution in [-0.4, -0.2) is 33.6 Å². The molecule has 1 aliphatic heterocycles. The Morgan fingerprint density at radius 1 is 1.08 bits per heavy atom. The van der Waals surface area contributed by atoms with Crippen molar-refractivity contribution < 1.29 is 23.8 Å². The van der Waals surface area contributed by atoms with E-state index in [2.05, 4.69) is 10.2 Å². The Balaban J connectivity index is 1.56. The summed E-state index contributed by atoms with van der Waals surface area (Å²) in [6, 6.07) is 19.6. The lowest BCUT2D eigenvalue weighted by atomic mass is 9.95. The summed E-state index contributed by atoms with van der Waals surface area (Å²) in [5.74, 6) is -1.35. The fourth-order valence-corrected chi connectivity index (χ4v) is 6.12. The molecule has 1 saturated heterocycles. The van der Waals surface area contributed by atoms with Gasteiger partial charge in [0.1, 0.15) is 17.3 Å². The predicted molar refractivity (Wildman–Crippen MR) is 149 cm³/mol. The Bertz CT molecular complexity index is 1570. The Labute approximate surface area is 233 Å². The van der Waals surface area contributed by atoms with Crippen molar-refractivity contribution in [3.63, 3.8) is 0 Å². The number of rotatable bonds is 8. The van der Waals surface area contributed by atoms with E-state index in [0.717, 1.165) is 16.9 Å². The minimum atomic E-state index is -0.955. The van der Waals surface area contributed by atoms with Gasteiger partial charge in [0, 0.05) is 11.3 Å². The summed E-state index contributed by atoms with van der Waals surface area (Å²) >= 11 is 2.40. The second-order valence-corrected chi connectivity index (χ2v) is 10.9. The summed E-state index contributed by atoms with van der Waals surface area (Å²) in [4.78, 5) is 28.1. The van der Waals surface area contributed by atoms with E-state index < -0.39 is 17.7 Å². The van der Waals surface area contributed by atoms with E-state index in [1.807, 2.05) is 26.0 Å². The normalized spacial score (nSPS) is 16.6. The van der Waals surface area contributed by atoms with E-state index in [0.29, 0.717) is 39.1 Å². The van der Waals surface area contributed by atoms with E-state index in [9.17, 15) is 19.1 Å². The zero-order valence-electron chi connectivity index (χ0n) is 21.1. The molecular formula is C29H24FN3O4S2. The van der Waals surface area contributed by atoms with Crippen molar-refractivity contribution in [3.05, 3.63) is 106 Å². The van der Waals surface area contributed by atoms with Crippen LogP contribution in [-0.2, 0) is 15.3 Å². The second kappa shape index (κ2) is 11.4. The highest BCUT2D eigenvalue weighted by atomic mass is 32.2. The number of benzene rings is 3. The molecule has 2 heterocycles. The van der Waals surface area contributed by atoms with Crippen LogP contribution in [0.5, 0.6) is 5.75 Å². The number of aliphatic hydroxyl groups excluding tert-OH is 1. The number of aryl methyl sites for hydroxylation is 1. The number of Topliss-reactive ketones (excluding diaryl/α,β-unsaturated/α-hetero) is 1. The van der Waals surface area contributed by atoms with Gasteiger partial charge in [0.25, 0.3) is 5.78 Å². The first-order chi connectivity index (χ1) is 18.9. The number of halogens is 1. The van der Waals surface area contributed by atoms with Crippen LogP contribution >= 0.6 is 23.1 Å². The molecule has 0 saturated carbocycles. The third-order valence-corrected chi connectivity index (χ3v) is 8.27. The van der Waals surface area contributed by atoms with Crippen LogP contribution in [0.3, 0.4) is 0 Å². The SMILES string of the molecule is CCOc1cccc(C2C(=C(O)c3ccc(C)cc3)C(=O)C(=O)N2c2nnc(SCc3ccccc3F)s2)c1. The fraction of sp³-hybridized carbons (Fsp3) is 0.172. The molecule has 1 amide bonds. The second-order valence-electron chi connectivity index (χ2n) is 8.77. The molecule has 0 bridgehead atoms. The average Bonchev–Trinajstić information content (AvgIpc) is 3.50. The zero-order chi connectivity index (χ0) is 27.5. The van der Waals surface area contributed by atoms with Gasteiger partial charge in [-0.15, -0.1) is 10.2 Å². The maximum absolute atomic E-state index is 14.1. The highest BCUT2D eigenvalue weighted by Gasteiger charge is 2.48. The third kappa shape index (κ3) is 5.43. The van der Waals surface area contributed by atoms with Crippen LogP contribution < -0.4 is 9.64 Å². The van der Waals surface area contributed by atoms with Gasteiger partial charge in [-0.25, -0.2) is 4.39 Å². The van der Waals surface area contributed by atoms with Gasteiger partial charge in [0.2, 0.25) is 5.13 Å². The highest BCUT2D eigenvalue weighted by molar-refractivity contribution is 8.00. The number of ketones is 1. The molecule has 4 aromatic rings. The number of carbonyl (C=O) groups is 2. The van der Waals surface area contributed by atoms with E-state index in [1.54, 1.807) is 54.6 Å². The number of hydrogen-bond donors (Lipinski definition) is 1. The topological polar surface area (TPSA) is 92.6 Å². The van der Waals surface area contributed by atoms with Crippen molar-refractivity contribution in [2.45, 2.75) is 30.0 Å². The van der Waals surface area contributed by atoms with Crippen LogP contribution in [0.1, 0.15) is 35.2 Å². The van der Waals surface area contributed by atoms with E-state index in [-0.39, 0.29) is 22.3 Å². The Morgan fingerprint density at radius 3 is 2.59 bits per heavy atom. The van der Waals surface area contributed by atoms with Crippen molar-refractivity contribution in [3.8, 4) is 5.75 Å². The number of thioether (sulfide) groups is 1. The lowest BCUT2D eigenvalue weighted by Gasteiger charge is -2.23. The molecule has 39 heavy (non-hydrogen) atoms. The number of nitrogens with zero attached hydrogens (tertiary/aromatic N) is 3. The number of hydrogen-bond acceptors (Lipinski definition) is 8. The average molecular weight is 562 g/mol. The summed E-state index contributed by atoms with van der Waals surface area (Å²) in [5.41, 5.74) is 2.45. The first-order valence-electron chi connectivity index (χ1n) is 12.2. The lowest BCUT2D eigenvalue weighted by molar-refractivity contribution is -0.132. The van der Waals surface area contributed by atoms with Gasteiger partial charge >= 0.3 is 5.91 Å². The van der Waals surface area contributed by atoms with Crippen molar-refractivity contribution >= 4 is 45.7 Å². The minimum Gasteiger partial charge on any atom is -0.507 e. The largest absolute Gasteiger partial charge is 0.507 e. The lowest BCUT2D eigenvalue weighted by Crippen LogP contribution is -2.29. The summed E-state index contributed by atoms with van der Waals surface area (Å²) in [5, 5.41) is 19.9. The molecule has 198 valence electrons. The fourth-order valence-electron chi connectivity index (χ4n) is 4.27. The van der Waals surface area contributed by atoms with Crippen molar-refractivity contribution in [1.29, 1.82) is 0 Å². The summed E-state index contributed by atoms with van der Waals surface area (Å²) in [7, 11) is 0. The number of amides is 1. The van der Waals surface area contributed by atoms with Crippen LogP contribution in [0, 0.1) is 12.7 Å². The summed E-state index contributed by atoms with van der Waals surface area (Å²) in [6.45, 7) is 4.21. The molecule has 1 fully saturated rings. The maximum atomic E-state index is 14.1. The number of aliphatic hydroxyl groups is 1. The van der Waals surface area contributed by atoms with Gasteiger partial charge < -0.3 is 9.84 Å².